The van der Waals surface area contributed by atoms with Crippen molar-refractivity contribution >= 4 is 17.4 Å². The lowest BCUT2D eigenvalue weighted by molar-refractivity contribution is 0.311. The number of nitrogens with zero attached hydrogens (tertiary/aromatic N) is 4. The molecule has 0 bridgehead atoms. The van der Waals surface area contributed by atoms with Gasteiger partial charge in [0.15, 0.2) is 0 Å². The van der Waals surface area contributed by atoms with Crippen LogP contribution in [0.1, 0.15) is 19.2 Å². The minimum Gasteiger partial charge on any atom is -0.478 e. The lowest BCUT2D eigenvalue weighted by Gasteiger charge is -2.22. The van der Waals surface area contributed by atoms with E-state index in [4.69, 9.17) is 16.3 Å². The van der Waals surface area contributed by atoms with Gasteiger partial charge in [0.1, 0.15) is 11.6 Å². The lowest BCUT2D eigenvalue weighted by Crippen LogP contribution is -2.32. The summed E-state index contributed by atoms with van der Waals surface area (Å²) in [6.07, 6.45) is 1.13. The molecule has 112 valence electrons. The molecular formula is C14H23ClN4O. The van der Waals surface area contributed by atoms with Crippen LogP contribution in [0.5, 0.6) is 5.88 Å². The van der Waals surface area contributed by atoms with Crippen LogP contribution in [-0.2, 0) is 0 Å². The Morgan fingerprint density at radius 2 is 2.10 bits per heavy atom. The van der Waals surface area contributed by atoms with E-state index in [1.807, 2.05) is 19.9 Å². The molecule has 6 heteroatoms. The second-order valence-corrected chi connectivity index (χ2v) is 5.29. The maximum absolute atomic E-state index is 5.83. The molecule has 1 saturated heterocycles. The molecule has 1 aliphatic heterocycles. The molecular weight excluding hydrogens is 276 g/mol. The van der Waals surface area contributed by atoms with Gasteiger partial charge in [0.2, 0.25) is 5.88 Å². The van der Waals surface area contributed by atoms with Crippen LogP contribution in [0.15, 0.2) is 6.07 Å². The van der Waals surface area contributed by atoms with Crippen LogP contribution in [0.3, 0.4) is 0 Å². The third kappa shape index (κ3) is 4.21. The van der Waals surface area contributed by atoms with Gasteiger partial charge in [-0.1, -0.05) is 0 Å². The highest BCUT2D eigenvalue weighted by molar-refractivity contribution is 6.18. The van der Waals surface area contributed by atoms with Crippen molar-refractivity contribution in [2.45, 2.75) is 20.3 Å². The molecule has 0 atom stereocenters. The van der Waals surface area contributed by atoms with Gasteiger partial charge in [0.05, 0.1) is 6.61 Å². The van der Waals surface area contributed by atoms with E-state index in [-0.39, 0.29) is 0 Å². The molecule has 0 aromatic carbocycles. The highest BCUT2D eigenvalue weighted by Gasteiger charge is 2.16. The molecule has 2 rings (SSSR count). The predicted molar refractivity (Wildman–Crippen MR) is 81.9 cm³/mol. The van der Waals surface area contributed by atoms with Crippen molar-refractivity contribution in [3.63, 3.8) is 0 Å². The normalized spacial score (nSPS) is 17.1. The zero-order valence-electron chi connectivity index (χ0n) is 12.3. The van der Waals surface area contributed by atoms with E-state index in [9.17, 15) is 0 Å². The Morgan fingerprint density at radius 1 is 1.25 bits per heavy atom. The standard InChI is InChI=1S/C14H23ClN4O/c1-3-20-14-11-13(16-12(2)17-14)19-7-4-6-18(8-5-15)9-10-19/h11H,3-10H2,1-2H3. The number of halogens is 1. The summed E-state index contributed by atoms with van der Waals surface area (Å²) >= 11 is 5.83. The summed E-state index contributed by atoms with van der Waals surface area (Å²) in [4.78, 5) is 13.6. The van der Waals surface area contributed by atoms with Crippen LogP contribution in [0.25, 0.3) is 0 Å². The predicted octanol–water partition coefficient (Wildman–Crippen LogP) is 1.93. The Balaban J connectivity index is 2.07. The SMILES string of the molecule is CCOc1cc(N2CCCN(CCCl)CC2)nc(C)n1. The summed E-state index contributed by atoms with van der Waals surface area (Å²) < 4.78 is 5.50. The number of ether oxygens (including phenoxy) is 1. The molecule has 0 radical (unpaired) electrons. The van der Waals surface area contributed by atoms with Gasteiger partial charge in [-0.15, -0.1) is 11.6 Å². The van der Waals surface area contributed by atoms with Crippen molar-refractivity contribution in [2.75, 3.05) is 50.1 Å². The largest absolute Gasteiger partial charge is 0.478 e. The highest BCUT2D eigenvalue weighted by atomic mass is 35.5. The summed E-state index contributed by atoms with van der Waals surface area (Å²) in [6, 6.07) is 1.94. The number of anilines is 1. The van der Waals surface area contributed by atoms with Crippen molar-refractivity contribution in [3.8, 4) is 5.88 Å². The molecule has 0 unspecified atom stereocenters. The van der Waals surface area contributed by atoms with Gasteiger partial charge in [0, 0.05) is 38.1 Å². The minimum atomic E-state index is 0.624. The molecule has 1 aliphatic rings. The first-order chi connectivity index (χ1) is 9.72. The van der Waals surface area contributed by atoms with E-state index >= 15 is 0 Å². The van der Waals surface area contributed by atoms with E-state index in [0.717, 1.165) is 50.8 Å². The molecule has 1 aromatic heterocycles. The summed E-state index contributed by atoms with van der Waals surface area (Å²) in [5.74, 6) is 3.08. The fraction of sp³-hybridized carbons (Fsp3) is 0.714. The van der Waals surface area contributed by atoms with Crippen LogP contribution in [0, 0.1) is 6.92 Å². The van der Waals surface area contributed by atoms with Crippen molar-refractivity contribution in [3.05, 3.63) is 11.9 Å². The average molecular weight is 299 g/mol. The zero-order chi connectivity index (χ0) is 14.4. The lowest BCUT2D eigenvalue weighted by atomic mass is 10.3. The van der Waals surface area contributed by atoms with E-state index in [1.165, 1.54) is 0 Å². The Hall–Kier alpha value is -1.07. The van der Waals surface area contributed by atoms with Crippen molar-refractivity contribution in [2.24, 2.45) is 0 Å². The quantitative estimate of drug-likeness (QED) is 0.777. The first kappa shape index (κ1) is 15.3. The van der Waals surface area contributed by atoms with E-state index in [0.29, 0.717) is 18.4 Å². The van der Waals surface area contributed by atoms with Gasteiger partial charge in [-0.25, -0.2) is 4.98 Å². The van der Waals surface area contributed by atoms with E-state index < -0.39 is 0 Å². The molecule has 2 heterocycles. The maximum Gasteiger partial charge on any atom is 0.218 e. The number of hydrogen-bond donors (Lipinski definition) is 0. The summed E-state index contributed by atoms with van der Waals surface area (Å²) in [7, 11) is 0. The van der Waals surface area contributed by atoms with Crippen molar-refractivity contribution in [1.82, 2.24) is 14.9 Å². The number of alkyl halides is 1. The first-order valence-corrected chi connectivity index (χ1v) is 7.78. The molecule has 0 saturated carbocycles. The molecule has 5 nitrogen and oxygen atoms in total. The molecule has 1 fully saturated rings. The van der Waals surface area contributed by atoms with Gasteiger partial charge in [-0.2, -0.15) is 4.98 Å². The Kier molecular flexibility index (Phi) is 5.86. The first-order valence-electron chi connectivity index (χ1n) is 7.24. The van der Waals surface area contributed by atoms with Crippen LogP contribution < -0.4 is 9.64 Å². The van der Waals surface area contributed by atoms with Crippen molar-refractivity contribution < 1.29 is 4.74 Å². The van der Waals surface area contributed by atoms with E-state index in [1.54, 1.807) is 0 Å². The minimum absolute atomic E-state index is 0.624. The maximum atomic E-state index is 5.83. The third-order valence-corrected chi connectivity index (χ3v) is 3.58. The van der Waals surface area contributed by atoms with Crippen LogP contribution in [0.2, 0.25) is 0 Å². The number of rotatable bonds is 5. The van der Waals surface area contributed by atoms with Crippen LogP contribution in [0.4, 0.5) is 5.82 Å². The Labute approximate surface area is 125 Å². The Morgan fingerprint density at radius 3 is 2.85 bits per heavy atom. The fourth-order valence-corrected chi connectivity index (χ4v) is 2.69. The Bertz CT molecular complexity index is 430. The summed E-state index contributed by atoms with van der Waals surface area (Å²) in [6.45, 7) is 9.57. The molecule has 0 N–H and O–H groups in total. The molecule has 0 spiro atoms. The van der Waals surface area contributed by atoms with Crippen LogP contribution in [-0.4, -0.2) is 60.1 Å². The topological polar surface area (TPSA) is 41.5 Å². The smallest absolute Gasteiger partial charge is 0.218 e. The van der Waals surface area contributed by atoms with Gasteiger partial charge < -0.3 is 14.5 Å². The van der Waals surface area contributed by atoms with Gasteiger partial charge in [-0.3, -0.25) is 0 Å². The summed E-state index contributed by atoms with van der Waals surface area (Å²) in [5, 5.41) is 0. The number of aryl methyl sites for hydroxylation is 1. The van der Waals surface area contributed by atoms with Gasteiger partial charge in [-0.05, 0) is 26.8 Å². The van der Waals surface area contributed by atoms with Crippen molar-refractivity contribution in [1.29, 1.82) is 0 Å². The van der Waals surface area contributed by atoms with Gasteiger partial charge >= 0.3 is 0 Å². The van der Waals surface area contributed by atoms with Gasteiger partial charge in [0.25, 0.3) is 0 Å². The molecule has 0 amide bonds. The molecule has 1 aromatic rings. The number of hydrogen-bond acceptors (Lipinski definition) is 5. The molecule has 0 aliphatic carbocycles. The third-order valence-electron chi connectivity index (χ3n) is 3.41. The zero-order valence-corrected chi connectivity index (χ0v) is 13.1. The monoisotopic (exact) mass is 298 g/mol. The number of aromatic nitrogens is 2. The van der Waals surface area contributed by atoms with Crippen LogP contribution >= 0.6 is 11.6 Å². The average Bonchev–Trinajstić information content (AvgIpc) is 2.65. The molecule has 20 heavy (non-hydrogen) atoms. The summed E-state index contributed by atoms with van der Waals surface area (Å²) in [5.41, 5.74) is 0. The second kappa shape index (κ2) is 7.64. The second-order valence-electron chi connectivity index (χ2n) is 4.92. The highest BCUT2D eigenvalue weighted by Crippen LogP contribution is 2.19. The van der Waals surface area contributed by atoms with E-state index in [2.05, 4.69) is 19.8 Å². The fourth-order valence-electron chi connectivity index (χ4n) is 2.45.